The standard InChI is InChI=1S/C21H18N4O3/c1-28-21(27)19-18(23)16(11-22)13-25(19)17-9-5-8-15(10-17)20(26)24-12-14-6-3-2-4-7-14/h2-10,13H,12,23H2,1H3,(H,24,26). The van der Waals surface area contributed by atoms with E-state index < -0.39 is 5.97 Å². The molecular weight excluding hydrogens is 356 g/mol. The largest absolute Gasteiger partial charge is 0.464 e. The van der Waals surface area contributed by atoms with E-state index in [9.17, 15) is 14.9 Å². The van der Waals surface area contributed by atoms with Crippen molar-refractivity contribution in [2.45, 2.75) is 6.54 Å². The number of hydrogen-bond donors (Lipinski definition) is 2. The Hall–Kier alpha value is -4.05. The summed E-state index contributed by atoms with van der Waals surface area (Å²) in [6.07, 6.45) is 1.45. The molecule has 3 N–H and O–H groups in total. The Bertz CT molecular complexity index is 1060. The number of nitrogens with one attached hydrogen (secondary N) is 1. The molecule has 1 heterocycles. The topological polar surface area (TPSA) is 110 Å². The maximum atomic E-state index is 12.5. The number of nitrogens with zero attached hydrogens (tertiary/aromatic N) is 2. The van der Waals surface area contributed by atoms with E-state index in [-0.39, 0.29) is 22.9 Å². The van der Waals surface area contributed by atoms with Crippen LogP contribution in [0.4, 0.5) is 5.69 Å². The predicted molar refractivity (Wildman–Crippen MR) is 104 cm³/mol. The van der Waals surface area contributed by atoms with Gasteiger partial charge in [0.05, 0.1) is 18.4 Å². The SMILES string of the molecule is COC(=O)c1c(N)c(C#N)cn1-c1cccc(C(=O)NCc2ccccc2)c1. The van der Waals surface area contributed by atoms with Crippen molar-refractivity contribution in [3.05, 3.63) is 83.2 Å². The van der Waals surface area contributed by atoms with Gasteiger partial charge in [0.2, 0.25) is 0 Å². The number of ether oxygens (including phenoxy) is 1. The highest BCUT2D eigenvalue weighted by atomic mass is 16.5. The zero-order valence-electron chi connectivity index (χ0n) is 15.2. The first-order valence-electron chi connectivity index (χ1n) is 8.47. The van der Waals surface area contributed by atoms with Crippen LogP contribution < -0.4 is 11.1 Å². The number of methoxy groups -OCH3 is 1. The van der Waals surface area contributed by atoms with Crippen molar-refractivity contribution in [2.75, 3.05) is 12.8 Å². The Labute approximate surface area is 162 Å². The highest BCUT2D eigenvalue weighted by molar-refractivity contribution is 5.97. The fraction of sp³-hybridized carbons (Fsp3) is 0.0952. The number of benzene rings is 2. The van der Waals surface area contributed by atoms with Gasteiger partial charge in [-0.25, -0.2) is 4.79 Å². The van der Waals surface area contributed by atoms with Crippen LogP contribution in [0.1, 0.15) is 32.0 Å². The number of amides is 1. The second-order valence-electron chi connectivity index (χ2n) is 6.00. The van der Waals surface area contributed by atoms with E-state index in [4.69, 9.17) is 10.5 Å². The summed E-state index contributed by atoms with van der Waals surface area (Å²) >= 11 is 0. The Balaban J connectivity index is 1.90. The maximum absolute atomic E-state index is 12.5. The van der Waals surface area contributed by atoms with Gasteiger partial charge < -0.3 is 20.4 Å². The van der Waals surface area contributed by atoms with Crippen LogP contribution in [0.25, 0.3) is 5.69 Å². The summed E-state index contributed by atoms with van der Waals surface area (Å²) in [4.78, 5) is 24.6. The first-order valence-corrected chi connectivity index (χ1v) is 8.47. The molecule has 2 aromatic carbocycles. The highest BCUT2D eigenvalue weighted by Gasteiger charge is 2.22. The number of nitrogens with two attached hydrogens (primary N) is 1. The van der Waals surface area contributed by atoms with Crippen molar-refractivity contribution in [1.29, 1.82) is 5.26 Å². The molecule has 3 rings (SSSR count). The van der Waals surface area contributed by atoms with E-state index in [1.165, 1.54) is 17.9 Å². The van der Waals surface area contributed by atoms with Crippen LogP contribution in [-0.2, 0) is 11.3 Å². The zero-order chi connectivity index (χ0) is 20.1. The van der Waals surface area contributed by atoms with Gasteiger partial charge in [-0.2, -0.15) is 5.26 Å². The lowest BCUT2D eigenvalue weighted by Gasteiger charge is -2.10. The van der Waals surface area contributed by atoms with Crippen molar-refractivity contribution in [2.24, 2.45) is 0 Å². The summed E-state index contributed by atoms with van der Waals surface area (Å²) in [5.41, 5.74) is 8.06. The summed E-state index contributed by atoms with van der Waals surface area (Å²) in [6, 6.07) is 18.2. The summed E-state index contributed by atoms with van der Waals surface area (Å²) < 4.78 is 6.23. The summed E-state index contributed by atoms with van der Waals surface area (Å²) in [6.45, 7) is 0.395. The maximum Gasteiger partial charge on any atom is 0.357 e. The van der Waals surface area contributed by atoms with Gasteiger partial charge in [-0.05, 0) is 23.8 Å². The molecule has 0 bridgehead atoms. The average Bonchev–Trinajstić information content (AvgIpc) is 3.08. The van der Waals surface area contributed by atoms with Gasteiger partial charge in [-0.3, -0.25) is 4.79 Å². The summed E-state index contributed by atoms with van der Waals surface area (Å²) in [7, 11) is 1.23. The Kier molecular flexibility index (Phi) is 5.42. The van der Waals surface area contributed by atoms with Gasteiger partial charge in [0.1, 0.15) is 6.07 Å². The van der Waals surface area contributed by atoms with Crippen LogP contribution in [-0.4, -0.2) is 23.6 Å². The Morgan fingerprint density at radius 1 is 1.18 bits per heavy atom. The van der Waals surface area contributed by atoms with Crippen molar-refractivity contribution in [3.63, 3.8) is 0 Å². The zero-order valence-corrected chi connectivity index (χ0v) is 15.2. The summed E-state index contributed by atoms with van der Waals surface area (Å²) in [5, 5.41) is 12.1. The number of carbonyl (C=O) groups is 2. The number of aromatic nitrogens is 1. The molecule has 0 fully saturated rings. The van der Waals surface area contributed by atoms with E-state index in [1.807, 2.05) is 36.4 Å². The number of rotatable bonds is 5. The molecule has 1 aromatic heterocycles. The second kappa shape index (κ2) is 8.10. The number of nitrogen functional groups attached to an aromatic ring is 1. The van der Waals surface area contributed by atoms with Crippen molar-refractivity contribution in [3.8, 4) is 11.8 Å². The minimum atomic E-state index is -0.669. The molecule has 7 nitrogen and oxygen atoms in total. The quantitative estimate of drug-likeness (QED) is 0.667. The third kappa shape index (κ3) is 3.71. The lowest BCUT2D eigenvalue weighted by molar-refractivity contribution is 0.0593. The number of nitriles is 1. The molecule has 3 aromatic rings. The van der Waals surface area contributed by atoms with Gasteiger partial charge in [0.15, 0.2) is 5.69 Å². The minimum Gasteiger partial charge on any atom is -0.464 e. The normalized spacial score (nSPS) is 10.1. The first-order chi connectivity index (χ1) is 13.5. The number of carbonyl (C=O) groups excluding carboxylic acids is 2. The van der Waals surface area contributed by atoms with E-state index in [0.717, 1.165) is 5.56 Å². The minimum absolute atomic E-state index is 0.0354. The van der Waals surface area contributed by atoms with Crippen LogP contribution in [0.5, 0.6) is 0 Å². The van der Waals surface area contributed by atoms with Crippen molar-refractivity contribution < 1.29 is 14.3 Å². The van der Waals surface area contributed by atoms with Gasteiger partial charge in [0.25, 0.3) is 5.91 Å². The van der Waals surface area contributed by atoms with Crippen LogP contribution in [0.3, 0.4) is 0 Å². The molecule has 0 aliphatic heterocycles. The molecular formula is C21H18N4O3. The van der Waals surface area contributed by atoms with Gasteiger partial charge in [-0.15, -0.1) is 0 Å². The smallest absolute Gasteiger partial charge is 0.357 e. The molecule has 0 saturated heterocycles. The van der Waals surface area contributed by atoms with Crippen molar-refractivity contribution in [1.82, 2.24) is 9.88 Å². The summed E-state index contributed by atoms with van der Waals surface area (Å²) in [5.74, 6) is -0.927. The first kappa shape index (κ1) is 18.7. The highest BCUT2D eigenvalue weighted by Crippen LogP contribution is 2.25. The number of esters is 1. The average molecular weight is 374 g/mol. The molecule has 0 aliphatic rings. The predicted octanol–water partition coefficient (Wildman–Crippen LogP) is 2.65. The van der Waals surface area contributed by atoms with E-state index in [0.29, 0.717) is 17.8 Å². The molecule has 0 aliphatic carbocycles. The van der Waals surface area contributed by atoms with Gasteiger partial charge in [-0.1, -0.05) is 36.4 Å². The van der Waals surface area contributed by atoms with Crippen LogP contribution >= 0.6 is 0 Å². The molecule has 0 spiro atoms. The lowest BCUT2D eigenvalue weighted by Crippen LogP contribution is -2.23. The number of anilines is 1. The molecule has 0 saturated carbocycles. The second-order valence-corrected chi connectivity index (χ2v) is 6.00. The molecule has 1 amide bonds. The number of hydrogen-bond acceptors (Lipinski definition) is 5. The fourth-order valence-corrected chi connectivity index (χ4v) is 2.80. The van der Waals surface area contributed by atoms with Gasteiger partial charge >= 0.3 is 5.97 Å². The van der Waals surface area contributed by atoms with E-state index >= 15 is 0 Å². The molecule has 28 heavy (non-hydrogen) atoms. The van der Waals surface area contributed by atoms with E-state index in [2.05, 4.69) is 5.32 Å². The molecule has 0 radical (unpaired) electrons. The van der Waals surface area contributed by atoms with E-state index in [1.54, 1.807) is 24.3 Å². The molecule has 0 atom stereocenters. The van der Waals surface area contributed by atoms with Crippen LogP contribution in [0.2, 0.25) is 0 Å². The van der Waals surface area contributed by atoms with Crippen molar-refractivity contribution >= 4 is 17.6 Å². The molecule has 7 heteroatoms. The fourth-order valence-electron chi connectivity index (χ4n) is 2.80. The Morgan fingerprint density at radius 2 is 1.93 bits per heavy atom. The van der Waals surface area contributed by atoms with Crippen LogP contribution in [0.15, 0.2) is 60.8 Å². The van der Waals surface area contributed by atoms with Crippen LogP contribution in [0, 0.1) is 11.3 Å². The third-order valence-electron chi connectivity index (χ3n) is 4.23. The lowest BCUT2D eigenvalue weighted by atomic mass is 10.1. The molecule has 0 unspecified atom stereocenters. The monoisotopic (exact) mass is 374 g/mol. The van der Waals surface area contributed by atoms with Gasteiger partial charge in [0, 0.05) is 24.0 Å². The Morgan fingerprint density at radius 3 is 2.61 bits per heavy atom. The molecule has 140 valence electrons. The third-order valence-corrected chi connectivity index (χ3v) is 4.23.